The lowest BCUT2D eigenvalue weighted by Crippen LogP contribution is -2.19. The predicted molar refractivity (Wildman–Crippen MR) is 78.1 cm³/mol. The minimum absolute atomic E-state index is 0.0478. The zero-order valence-corrected chi connectivity index (χ0v) is 11.3. The summed E-state index contributed by atoms with van der Waals surface area (Å²) in [5.41, 5.74) is 1.47. The Bertz CT molecular complexity index is 592. The summed E-state index contributed by atoms with van der Waals surface area (Å²) in [6.45, 7) is 1.98. The summed E-state index contributed by atoms with van der Waals surface area (Å²) in [5, 5.41) is 22.2. The number of aromatic nitrogens is 1. The molecule has 0 amide bonds. The van der Waals surface area contributed by atoms with E-state index in [0.717, 1.165) is 5.56 Å². The van der Waals surface area contributed by atoms with Crippen molar-refractivity contribution in [1.29, 1.82) is 5.26 Å². The highest BCUT2D eigenvalue weighted by atomic mass is 16.3. The fourth-order valence-corrected chi connectivity index (χ4v) is 2.04. The monoisotopic (exact) mass is 267 g/mol. The van der Waals surface area contributed by atoms with Crippen LogP contribution in [0.5, 0.6) is 0 Å². The molecule has 4 nitrogen and oxygen atoms in total. The highest BCUT2D eigenvalue weighted by molar-refractivity contribution is 5.42. The van der Waals surface area contributed by atoms with Gasteiger partial charge in [0.25, 0.3) is 0 Å². The van der Waals surface area contributed by atoms with Gasteiger partial charge in [0.15, 0.2) is 0 Å². The Labute approximate surface area is 118 Å². The molecule has 2 unspecified atom stereocenters. The number of anilines is 1. The van der Waals surface area contributed by atoms with E-state index in [1.807, 2.05) is 37.3 Å². The molecule has 0 saturated heterocycles. The lowest BCUT2D eigenvalue weighted by molar-refractivity contribution is 0.162. The van der Waals surface area contributed by atoms with Crippen molar-refractivity contribution in [3.05, 3.63) is 59.8 Å². The van der Waals surface area contributed by atoms with Crippen LogP contribution in [-0.4, -0.2) is 16.1 Å². The fraction of sp³-hybridized carbons (Fsp3) is 0.250. The highest BCUT2D eigenvalue weighted by Crippen LogP contribution is 2.19. The maximum atomic E-state index is 10.2. The molecule has 0 aliphatic heterocycles. The van der Waals surface area contributed by atoms with Gasteiger partial charge < -0.3 is 10.4 Å². The SMILES string of the molecule is CC(CC(O)c1ccccc1)Nc1cc(C#N)ccn1. The normalized spacial score (nSPS) is 13.2. The molecular weight excluding hydrogens is 250 g/mol. The van der Waals surface area contributed by atoms with Crippen LogP contribution in [0, 0.1) is 11.3 Å². The van der Waals surface area contributed by atoms with Gasteiger partial charge in [-0.25, -0.2) is 4.98 Å². The molecule has 0 aliphatic carbocycles. The standard InChI is InChI=1S/C16H17N3O/c1-12(9-15(20)14-5-3-2-4-6-14)19-16-10-13(11-17)7-8-18-16/h2-8,10,12,15,20H,9H2,1H3,(H,18,19). The molecule has 2 N–H and O–H groups in total. The molecule has 20 heavy (non-hydrogen) atoms. The van der Waals surface area contributed by atoms with Crippen LogP contribution in [-0.2, 0) is 0 Å². The smallest absolute Gasteiger partial charge is 0.127 e. The van der Waals surface area contributed by atoms with Crippen LogP contribution >= 0.6 is 0 Å². The van der Waals surface area contributed by atoms with Crippen molar-refractivity contribution in [3.63, 3.8) is 0 Å². The van der Waals surface area contributed by atoms with Crippen LogP contribution in [0.2, 0.25) is 0 Å². The lowest BCUT2D eigenvalue weighted by Gasteiger charge is -2.18. The van der Waals surface area contributed by atoms with Gasteiger partial charge in [0.05, 0.1) is 17.7 Å². The van der Waals surface area contributed by atoms with E-state index in [-0.39, 0.29) is 6.04 Å². The average Bonchev–Trinajstić information content (AvgIpc) is 2.48. The lowest BCUT2D eigenvalue weighted by atomic mass is 10.0. The number of aliphatic hydroxyl groups is 1. The maximum absolute atomic E-state index is 10.2. The van der Waals surface area contributed by atoms with Gasteiger partial charge >= 0.3 is 0 Å². The van der Waals surface area contributed by atoms with Crippen LogP contribution in [0.15, 0.2) is 48.7 Å². The van der Waals surface area contributed by atoms with Crippen molar-refractivity contribution in [2.24, 2.45) is 0 Å². The molecule has 2 aromatic rings. The minimum atomic E-state index is -0.516. The van der Waals surface area contributed by atoms with Crippen molar-refractivity contribution in [2.75, 3.05) is 5.32 Å². The Morgan fingerprint density at radius 3 is 2.75 bits per heavy atom. The Kier molecular flexibility index (Phi) is 4.70. The van der Waals surface area contributed by atoms with E-state index in [1.54, 1.807) is 18.3 Å². The van der Waals surface area contributed by atoms with Gasteiger partial charge in [-0.15, -0.1) is 0 Å². The number of rotatable bonds is 5. The first-order valence-electron chi connectivity index (χ1n) is 6.54. The van der Waals surface area contributed by atoms with Gasteiger partial charge in [0, 0.05) is 12.2 Å². The van der Waals surface area contributed by atoms with Gasteiger partial charge in [-0.1, -0.05) is 30.3 Å². The highest BCUT2D eigenvalue weighted by Gasteiger charge is 2.12. The third-order valence-corrected chi connectivity index (χ3v) is 3.04. The summed E-state index contributed by atoms with van der Waals surface area (Å²) in [7, 11) is 0. The molecule has 102 valence electrons. The van der Waals surface area contributed by atoms with E-state index in [1.165, 1.54) is 0 Å². The third kappa shape index (κ3) is 3.81. The van der Waals surface area contributed by atoms with E-state index < -0.39 is 6.10 Å². The molecule has 1 heterocycles. The fourth-order valence-electron chi connectivity index (χ4n) is 2.04. The zero-order chi connectivity index (χ0) is 14.4. The van der Waals surface area contributed by atoms with Crippen molar-refractivity contribution in [3.8, 4) is 6.07 Å². The first-order valence-corrected chi connectivity index (χ1v) is 6.54. The van der Waals surface area contributed by atoms with Crippen LogP contribution in [0.4, 0.5) is 5.82 Å². The third-order valence-electron chi connectivity index (χ3n) is 3.04. The summed E-state index contributed by atoms with van der Waals surface area (Å²) < 4.78 is 0. The summed E-state index contributed by atoms with van der Waals surface area (Å²) in [6.07, 6.45) is 1.65. The van der Waals surface area contributed by atoms with Crippen molar-refractivity contribution < 1.29 is 5.11 Å². The van der Waals surface area contributed by atoms with E-state index in [2.05, 4.69) is 16.4 Å². The number of nitriles is 1. The minimum Gasteiger partial charge on any atom is -0.388 e. The summed E-state index contributed by atoms with van der Waals surface area (Å²) in [4.78, 5) is 4.16. The van der Waals surface area contributed by atoms with E-state index >= 15 is 0 Å². The maximum Gasteiger partial charge on any atom is 0.127 e. The van der Waals surface area contributed by atoms with Gasteiger partial charge in [-0.2, -0.15) is 5.26 Å². The number of nitrogens with zero attached hydrogens (tertiary/aromatic N) is 2. The molecule has 4 heteroatoms. The number of hydrogen-bond acceptors (Lipinski definition) is 4. The van der Waals surface area contributed by atoms with Gasteiger partial charge in [-0.3, -0.25) is 0 Å². The van der Waals surface area contributed by atoms with Crippen molar-refractivity contribution >= 4 is 5.82 Å². The van der Waals surface area contributed by atoms with Crippen molar-refractivity contribution in [2.45, 2.75) is 25.5 Å². The first kappa shape index (κ1) is 14.0. The van der Waals surface area contributed by atoms with Crippen LogP contribution in [0.1, 0.15) is 30.6 Å². The van der Waals surface area contributed by atoms with Gasteiger partial charge in [0.2, 0.25) is 0 Å². The molecule has 0 aliphatic rings. The second-order valence-corrected chi connectivity index (χ2v) is 4.75. The summed E-state index contributed by atoms with van der Waals surface area (Å²) in [5.74, 6) is 0.650. The van der Waals surface area contributed by atoms with Crippen molar-refractivity contribution in [1.82, 2.24) is 4.98 Å². The molecule has 0 fully saturated rings. The molecule has 1 aromatic heterocycles. The number of nitrogens with one attached hydrogen (secondary N) is 1. The van der Waals surface area contributed by atoms with Crippen LogP contribution < -0.4 is 5.32 Å². The zero-order valence-electron chi connectivity index (χ0n) is 11.3. The first-order chi connectivity index (χ1) is 9.69. The molecular formula is C16H17N3O. The number of pyridine rings is 1. The molecule has 0 spiro atoms. The topological polar surface area (TPSA) is 68.9 Å². The van der Waals surface area contributed by atoms with Gasteiger partial charge in [0.1, 0.15) is 5.82 Å². The quantitative estimate of drug-likeness (QED) is 0.874. The molecule has 0 saturated carbocycles. The van der Waals surface area contributed by atoms with E-state index in [0.29, 0.717) is 17.8 Å². The molecule has 2 atom stereocenters. The van der Waals surface area contributed by atoms with E-state index in [9.17, 15) is 5.11 Å². The average molecular weight is 267 g/mol. The predicted octanol–water partition coefficient (Wildman–Crippen LogP) is 2.88. The number of hydrogen-bond donors (Lipinski definition) is 2. The Hall–Kier alpha value is -2.38. The van der Waals surface area contributed by atoms with Crippen LogP contribution in [0.3, 0.4) is 0 Å². The molecule has 2 rings (SSSR count). The molecule has 0 radical (unpaired) electrons. The molecule has 1 aromatic carbocycles. The largest absolute Gasteiger partial charge is 0.388 e. The Balaban J connectivity index is 1.95. The Morgan fingerprint density at radius 1 is 1.30 bits per heavy atom. The van der Waals surface area contributed by atoms with E-state index in [4.69, 9.17) is 5.26 Å². The second kappa shape index (κ2) is 6.69. The molecule has 0 bridgehead atoms. The number of aliphatic hydroxyl groups excluding tert-OH is 1. The van der Waals surface area contributed by atoms with Gasteiger partial charge in [-0.05, 0) is 31.0 Å². The second-order valence-electron chi connectivity index (χ2n) is 4.75. The number of benzene rings is 1. The Morgan fingerprint density at radius 2 is 2.05 bits per heavy atom. The van der Waals surface area contributed by atoms with Crippen LogP contribution in [0.25, 0.3) is 0 Å². The summed E-state index contributed by atoms with van der Waals surface area (Å²) in [6, 6.07) is 15.1. The summed E-state index contributed by atoms with van der Waals surface area (Å²) >= 11 is 0.